The zero-order valence-electron chi connectivity index (χ0n) is 11.4. The number of nitrogens with one attached hydrogen (secondary N) is 1. The topological polar surface area (TPSA) is 12.0 Å². The van der Waals surface area contributed by atoms with E-state index in [1.807, 2.05) is 0 Å². The molecule has 94 valence electrons. The van der Waals surface area contributed by atoms with Crippen molar-refractivity contribution < 1.29 is 0 Å². The number of rotatable bonds is 5. The molecule has 1 aliphatic rings. The van der Waals surface area contributed by atoms with Crippen LogP contribution in [-0.4, -0.2) is 13.1 Å². The van der Waals surface area contributed by atoms with Gasteiger partial charge in [0.15, 0.2) is 0 Å². The van der Waals surface area contributed by atoms with E-state index in [-0.39, 0.29) is 0 Å². The van der Waals surface area contributed by atoms with Crippen LogP contribution in [0.25, 0.3) is 0 Å². The van der Waals surface area contributed by atoms with E-state index in [1.54, 1.807) is 5.56 Å². The molecule has 1 fully saturated rings. The maximum Gasteiger partial charge on any atom is 0.0106 e. The van der Waals surface area contributed by atoms with Crippen molar-refractivity contribution in [2.24, 2.45) is 5.92 Å². The van der Waals surface area contributed by atoms with Crippen LogP contribution in [0.2, 0.25) is 0 Å². The molecule has 0 heterocycles. The molecule has 1 aromatic rings. The Morgan fingerprint density at radius 1 is 1.35 bits per heavy atom. The quantitative estimate of drug-likeness (QED) is 0.763. The van der Waals surface area contributed by atoms with Crippen molar-refractivity contribution >= 4 is 0 Å². The maximum absolute atomic E-state index is 3.63. The maximum atomic E-state index is 3.63. The minimum atomic E-state index is 0.403. The van der Waals surface area contributed by atoms with Crippen LogP contribution in [-0.2, 0) is 5.41 Å². The molecule has 2 unspecified atom stereocenters. The van der Waals surface area contributed by atoms with Crippen LogP contribution >= 0.6 is 0 Å². The Hall–Kier alpha value is -0.820. The zero-order valence-corrected chi connectivity index (χ0v) is 11.4. The van der Waals surface area contributed by atoms with Gasteiger partial charge in [-0.05, 0) is 49.8 Å². The molecule has 17 heavy (non-hydrogen) atoms. The Morgan fingerprint density at radius 3 is 2.65 bits per heavy atom. The normalized spacial score (nSPS) is 27.8. The first kappa shape index (κ1) is 12.6. The molecule has 1 heteroatoms. The molecule has 2 rings (SSSR count). The Morgan fingerprint density at radius 2 is 2.12 bits per heavy atom. The number of hydrogen-bond acceptors (Lipinski definition) is 1. The lowest BCUT2D eigenvalue weighted by Gasteiger charge is -2.50. The molecule has 0 amide bonds. The van der Waals surface area contributed by atoms with E-state index in [2.05, 4.69) is 50.4 Å². The third-order valence-electron chi connectivity index (χ3n) is 4.52. The van der Waals surface area contributed by atoms with Crippen LogP contribution in [0, 0.1) is 12.8 Å². The molecular formula is C16H25N. The predicted molar refractivity (Wildman–Crippen MR) is 74.4 cm³/mol. The van der Waals surface area contributed by atoms with E-state index in [1.165, 1.54) is 24.8 Å². The highest BCUT2D eigenvalue weighted by molar-refractivity contribution is 5.36. The molecule has 1 aromatic carbocycles. The molecule has 1 saturated carbocycles. The van der Waals surface area contributed by atoms with Gasteiger partial charge in [-0.3, -0.25) is 0 Å². The first-order valence-electron chi connectivity index (χ1n) is 6.97. The summed E-state index contributed by atoms with van der Waals surface area (Å²) in [6.45, 7) is 9.18. The smallest absolute Gasteiger partial charge is 0.0106 e. The van der Waals surface area contributed by atoms with Gasteiger partial charge in [0.25, 0.3) is 0 Å². The van der Waals surface area contributed by atoms with Gasteiger partial charge in [-0.1, -0.05) is 38.1 Å². The van der Waals surface area contributed by atoms with Crippen LogP contribution in [0.4, 0.5) is 0 Å². The summed E-state index contributed by atoms with van der Waals surface area (Å²) in [4.78, 5) is 0. The molecule has 1 aliphatic carbocycles. The summed E-state index contributed by atoms with van der Waals surface area (Å²) in [6.07, 6.45) is 3.94. The van der Waals surface area contributed by atoms with Gasteiger partial charge in [0.1, 0.15) is 0 Å². The number of benzene rings is 1. The summed E-state index contributed by atoms with van der Waals surface area (Å²) >= 11 is 0. The average Bonchev–Trinajstić information content (AvgIpc) is 2.34. The molecule has 0 radical (unpaired) electrons. The van der Waals surface area contributed by atoms with Crippen molar-refractivity contribution in [3.63, 3.8) is 0 Å². The van der Waals surface area contributed by atoms with Gasteiger partial charge in [-0.15, -0.1) is 0 Å². The average molecular weight is 231 g/mol. The lowest BCUT2D eigenvalue weighted by molar-refractivity contribution is 0.133. The summed E-state index contributed by atoms with van der Waals surface area (Å²) in [5.74, 6) is 0.813. The van der Waals surface area contributed by atoms with E-state index in [0.717, 1.165) is 19.0 Å². The monoisotopic (exact) mass is 231 g/mol. The van der Waals surface area contributed by atoms with Crippen molar-refractivity contribution in [3.8, 4) is 0 Å². The van der Waals surface area contributed by atoms with Crippen LogP contribution < -0.4 is 5.32 Å². The highest BCUT2D eigenvalue weighted by atomic mass is 14.9. The fourth-order valence-electron chi connectivity index (χ4n) is 3.16. The van der Waals surface area contributed by atoms with E-state index >= 15 is 0 Å². The second-order valence-corrected chi connectivity index (χ2v) is 5.59. The third-order valence-corrected chi connectivity index (χ3v) is 4.52. The summed E-state index contributed by atoms with van der Waals surface area (Å²) in [7, 11) is 0. The molecule has 2 atom stereocenters. The Bertz CT molecular complexity index is 372. The lowest BCUT2D eigenvalue weighted by atomic mass is 9.56. The number of hydrogen-bond donors (Lipinski definition) is 1. The lowest BCUT2D eigenvalue weighted by Crippen LogP contribution is -2.50. The predicted octanol–water partition coefficient (Wildman–Crippen LogP) is 3.66. The summed E-state index contributed by atoms with van der Waals surface area (Å²) in [6, 6.07) is 8.92. The van der Waals surface area contributed by atoms with Gasteiger partial charge in [0.2, 0.25) is 0 Å². The van der Waals surface area contributed by atoms with E-state index in [4.69, 9.17) is 0 Å². The highest BCUT2D eigenvalue weighted by Gasteiger charge is 2.45. The molecule has 0 aromatic heterocycles. The summed E-state index contributed by atoms with van der Waals surface area (Å²) in [5, 5.41) is 3.63. The molecular weight excluding hydrogens is 206 g/mol. The van der Waals surface area contributed by atoms with Crippen LogP contribution in [0.15, 0.2) is 24.3 Å². The molecule has 1 N–H and O–H groups in total. The Balaban J connectivity index is 2.20. The molecule has 0 bridgehead atoms. The summed E-state index contributed by atoms with van der Waals surface area (Å²) in [5.41, 5.74) is 3.43. The van der Waals surface area contributed by atoms with Gasteiger partial charge in [0, 0.05) is 12.0 Å². The first-order chi connectivity index (χ1) is 8.20. The minimum Gasteiger partial charge on any atom is -0.316 e. The molecule has 0 aliphatic heterocycles. The number of aryl methyl sites for hydroxylation is 1. The fourth-order valence-corrected chi connectivity index (χ4v) is 3.16. The SMILES string of the molecule is CCCNCC1(c2ccccc2C)CCC1C. The molecule has 0 spiro atoms. The van der Waals surface area contributed by atoms with Gasteiger partial charge < -0.3 is 5.32 Å². The highest BCUT2D eigenvalue weighted by Crippen LogP contribution is 2.49. The fraction of sp³-hybridized carbons (Fsp3) is 0.625. The Kier molecular flexibility index (Phi) is 3.88. The molecule has 1 nitrogen and oxygen atoms in total. The van der Waals surface area contributed by atoms with Crippen molar-refractivity contribution in [1.29, 1.82) is 0 Å². The van der Waals surface area contributed by atoms with Crippen molar-refractivity contribution in [3.05, 3.63) is 35.4 Å². The first-order valence-corrected chi connectivity index (χ1v) is 6.97. The largest absolute Gasteiger partial charge is 0.316 e. The molecule has 0 saturated heterocycles. The zero-order chi connectivity index (χ0) is 12.3. The van der Waals surface area contributed by atoms with Crippen molar-refractivity contribution in [2.75, 3.05) is 13.1 Å². The van der Waals surface area contributed by atoms with E-state index < -0.39 is 0 Å². The Labute approximate surface area is 106 Å². The standard InChI is InChI=1S/C16H25N/c1-4-11-17-12-16(10-9-14(16)3)15-8-6-5-7-13(15)2/h5-8,14,17H,4,9-12H2,1-3H3. The third kappa shape index (κ3) is 2.26. The van der Waals surface area contributed by atoms with Gasteiger partial charge in [-0.2, -0.15) is 0 Å². The second-order valence-electron chi connectivity index (χ2n) is 5.59. The van der Waals surface area contributed by atoms with Crippen molar-refractivity contribution in [1.82, 2.24) is 5.32 Å². The second kappa shape index (κ2) is 5.22. The van der Waals surface area contributed by atoms with E-state index in [9.17, 15) is 0 Å². The van der Waals surface area contributed by atoms with Crippen LogP contribution in [0.5, 0.6) is 0 Å². The van der Waals surface area contributed by atoms with Crippen molar-refractivity contribution in [2.45, 2.75) is 45.4 Å². The van der Waals surface area contributed by atoms with E-state index in [0.29, 0.717) is 5.41 Å². The van der Waals surface area contributed by atoms with Crippen LogP contribution in [0.1, 0.15) is 44.2 Å². The van der Waals surface area contributed by atoms with Gasteiger partial charge in [0.05, 0.1) is 0 Å². The van der Waals surface area contributed by atoms with Gasteiger partial charge >= 0.3 is 0 Å². The van der Waals surface area contributed by atoms with Gasteiger partial charge in [-0.25, -0.2) is 0 Å². The summed E-state index contributed by atoms with van der Waals surface area (Å²) < 4.78 is 0. The minimum absolute atomic E-state index is 0.403. The van der Waals surface area contributed by atoms with Crippen LogP contribution in [0.3, 0.4) is 0 Å².